The van der Waals surface area contributed by atoms with Crippen LogP contribution in [-0.4, -0.2) is 73.0 Å². The van der Waals surface area contributed by atoms with Crippen LogP contribution in [0.15, 0.2) is 53.5 Å². The van der Waals surface area contributed by atoms with E-state index in [1.54, 1.807) is 0 Å². The molecule has 0 aliphatic rings. The predicted octanol–water partition coefficient (Wildman–Crippen LogP) is 5.18. The summed E-state index contributed by atoms with van der Waals surface area (Å²) in [5.74, 6) is 0. The van der Waals surface area contributed by atoms with E-state index in [1.807, 2.05) is 20.3 Å². The lowest BCUT2D eigenvalue weighted by Crippen LogP contribution is -2.28. The van der Waals surface area contributed by atoms with Crippen molar-refractivity contribution in [3.63, 3.8) is 0 Å². The average molecular weight is 456 g/mol. The highest BCUT2D eigenvalue weighted by atomic mass is 16.5. The van der Waals surface area contributed by atoms with Gasteiger partial charge in [-0.05, 0) is 54.8 Å². The number of hydrogen-bond donors (Lipinski definition) is 0. The van der Waals surface area contributed by atoms with Crippen molar-refractivity contribution in [2.45, 2.75) is 26.7 Å². The van der Waals surface area contributed by atoms with Gasteiger partial charge in [-0.3, -0.25) is 4.99 Å². The maximum Gasteiger partial charge on any atom is 0.0701 e. The van der Waals surface area contributed by atoms with Gasteiger partial charge in [-0.1, -0.05) is 26.0 Å². The van der Waals surface area contributed by atoms with Crippen LogP contribution in [0.25, 0.3) is 0 Å². The number of hydrogen-bond acceptors (Lipinski definition) is 6. The summed E-state index contributed by atoms with van der Waals surface area (Å²) < 4.78 is 16.7. The van der Waals surface area contributed by atoms with Crippen molar-refractivity contribution in [3.8, 4) is 0 Å². The molecule has 33 heavy (non-hydrogen) atoms. The molecule has 0 aromatic heterocycles. The second-order valence-corrected chi connectivity index (χ2v) is 8.08. The Hall–Kier alpha value is -2.41. The zero-order valence-corrected chi connectivity index (χ0v) is 20.8. The van der Waals surface area contributed by atoms with Gasteiger partial charge in [0.15, 0.2) is 0 Å². The molecule has 0 aliphatic heterocycles. The minimum Gasteiger partial charge on any atom is -0.379 e. The van der Waals surface area contributed by atoms with Crippen LogP contribution in [0.4, 0.5) is 17.1 Å². The fourth-order valence-electron chi connectivity index (χ4n) is 3.26. The molecule has 0 unspecified atom stereocenters. The highest BCUT2D eigenvalue weighted by molar-refractivity contribution is 5.82. The number of nitrogens with zero attached hydrogens (tertiary/aromatic N) is 3. The van der Waals surface area contributed by atoms with E-state index in [9.17, 15) is 0 Å². The predicted molar refractivity (Wildman–Crippen MR) is 140 cm³/mol. The third-order valence-corrected chi connectivity index (χ3v) is 5.08. The van der Waals surface area contributed by atoms with E-state index >= 15 is 0 Å². The molecule has 182 valence electrons. The number of benzene rings is 2. The summed E-state index contributed by atoms with van der Waals surface area (Å²) in [7, 11) is 4.08. The second-order valence-electron chi connectivity index (χ2n) is 8.08. The fraction of sp³-hybridized carbons (Fsp3) is 0.519. The Morgan fingerprint density at radius 3 is 1.82 bits per heavy atom. The molecule has 0 spiro atoms. The topological polar surface area (TPSA) is 46.5 Å². The van der Waals surface area contributed by atoms with Gasteiger partial charge in [0.2, 0.25) is 0 Å². The van der Waals surface area contributed by atoms with Crippen molar-refractivity contribution in [2.24, 2.45) is 4.99 Å². The maximum absolute atomic E-state index is 5.76. The normalized spacial score (nSPS) is 11.3. The Kier molecular flexibility index (Phi) is 13.2. The van der Waals surface area contributed by atoms with Gasteiger partial charge in [-0.15, -0.1) is 0 Å². The van der Waals surface area contributed by atoms with Crippen molar-refractivity contribution in [1.29, 1.82) is 0 Å². The molecule has 2 rings (SSSR count). The highest BCUT2D eigenvalue weighted by Crippen LogP contribution is 2.20. The van der Waals surface area contributed by atoms with Crippen LogP contribution in [0.5, 0.6) is 0 Å². The van der Waals surface area contributed by atoms with E-state index in [2.05, 4.69) is 77.2 Å². The lowest BCUT2D eigenvalue weighted by Gasteiger charge is -2.24. The van der Waals surface area contributed by atoms with Gasteiger partial charge in [-0.25, -0.2) is 0 Å². The summed E-state index contributed by atoms with van der Waals surface area (Å²) in [5.41, 5.74) is 4.41. The number of anilines is 2. The van der Waals surface area contributed by atoms with Gasteiger partial charge < -0.3 is 24.0 Å². The van der Waals surface area contributed by atoms with Crippen LogP contribution in [0.1, 0.15) is 32.3 Å². The molecule has 0 amide bonds. The van der Waals surface area contributed by atoms with Gasteiger partial charge in [0.05, 0.1) is 38.7 Å². The molecule has 0 heterocycles. The van der Waals surface area contributed by atoms with E-state index in [0.717, 1.165) is 43.8 Å². The molecule has 0 saturated heterocycles. The van der Waals surface area contributed by atoms with E-state index in [1.165, 1.54) is 11.4 Å². The van der Waals surface area contributed by atoms with Crippen LogP contribution in [0.2, 0.25) is 0 Å². The summed E-state index contributed by atoms with van der Waals surface area (Å²) in [6, 6.07) is 16.8. The van der Waals surface area contributed by atoms with E-state index < -0.39 is 0 Å². The molecule has 2 aromatic carbocycles. The van der Waals surface area contributed by atoms with Gasteiger partial charge in [0.25, 0.3) is 0 Å². The van der Waals surface area contributed by atoms with E-state index in [4.69, 9.17) is 14.2 Å². The SMILES string of the molecule is CCCOCCOCCOCCN(CCC)c1ccc(N=Cc2ccc(N(C)C)cc2)cc1. The summed E-state index contributed by atoms with van der Waals surface area (Å²) in [6.45, 7) is 10.1. The average Bonchev–Trinajstić information content (AvgIpc) is 2.84. The Bertz CT molecular complexity index is 776. The number of aliphatic imine (C=N–C) groups is 1. The molecule has 0 aliphatic carbocycles. The highest BCUT2D eigenvalue weighted by Gasteiger charge is 2.05. The second kappa shape index (κ2) is 16.2. The third kappa shape index (κ3) is 10.8. The Morgan fingerprint density at radius 1 is 0.667 bits per heavy atom. The van der Waals surface area contributed by atoms with Crippen LogP contribution in [0, 0.1) is 0 Å². The first-order chi connectivity index (χ1) is 16.1. The van der Waals surface area contributed by atoms with Crippen LogP contribution in [-0.2, 0) is 14.2 Å². The summed E-state index contributed by atoms with van der Waals surface area (Å²) >= 11 is 0. The van der Waals surface area contributed by atoms with Gasteiger partial charge in [0, 0.05) is 51.4 Å². The standard InChI is InChI=1S/C27H41N3O3/c1-5-15-30(16-18-32-20-22-33-21-19-31-17-6-2)27-13-9-25(10-14-27)28-23-24-7-11-26(12-8-24)29(3)4/h7-14,23H,5-6,15-22H2,1-4H3. The fourth-order valence-corrected chi connectivity index (χ4v) is 3.26. The smallest absolute Gasteiger partial charge is 0.0701 e. The minimum absolute atomic E-state index is 0.605. The monoisotopic (exact) mass is 455 g/mol. The first-order valence-electron chi connectivity index (χ1n) is 12.0. The minimum atomic E-state index is 0.605. The van der Waals surface area contributed by atoms with Crippen molar-refractivity contribution < 1.29 is 14.2 Å². The van der Waals surface area contributed by atoms with Gasteiger partial charge in [0.1, 0.15) is 0 Å². The molecule has 0 radical (unpaired) electrons. The lowest BCUT2D eigenvalue weighted by molar-refractivity contribution is 0.0159. The van der Waals surface area contributed by atoms with Gasteiger partial charge >= 0.3 is 0 Å². The molecule has 0 atom stereocenters. The number of rotatable bonds is 17. The van der Waals surface area contributed by atoms with Crippen molar-refractivity contribution in [2.75, 3.05) is 76.6 Å². The summed E-state index contributed by atoms with van der Waals surface area (Å²) in [6.07, 6.45) is 4.03. The third-order valence-electron chi connectivity index (χ3n) is 5.08. The molecule has 6 heteroatoms. The molecule has 6 nitrogen and oxygen atoms in total. The Morgan fingerprint density at radius 2 is 1.24 bits per heavy atom. The van der Waals surface area contributed by atoms with E-state index in [-0.39, 0.29) is 0 Å². The molecule has 0 N–H and O–H groups in total. The molecule has 2 aromatic rings. The van der Waals surface area contributed by atoms with Crippen LogP contribution < -0.4 is 9.80 Å². The van der Waals surface area contributed by atoms with Crippen molar-refractivity contribution >= 4 is 23.3 Å². The first kappa shape index (κ1) is 26.8. The largest absolute Gasteiger partial charge is 0.379 e. The first-order valence-corrected chi connectivity index (χ1v) is 12.0. The van der Waals surface area contributed by atoms with Crippen molar-refractivity contribution in [3.05, 3.63) is 54.1 Å². The van der Waals surface area contributed by atoms with Crippen molar-refractivity contribution in [1.82, 2.24) is 0 Å². The maximum atomic E-state index is 5.76. The molecule has 0 bridgehead atoms. The molecule has 0 fully saturated rings. The summed E-state index contributed by atoms with van der Waals surface area (Å²) in [4.78, 5) is 9.06. The molecule has 0 saturated carbocycles. The Labute approximate surface area is 200 Å². The summed E-state index contributed by atoms with van der Waals surface area (Å²) in [5, 5.41) is 0. The van der Waals surface area contributed by atoms with Crippen LogP contribution in [0.3, 0.4) is 0 Å². The van der Waals surface area contributed by atoms with Crippen LogP contribution >= 0.6 is 0 Å². The molecular weight excluding hydrogens is 414 g/mol. The Balaban J connectivity index is 1.75. The zero-order valence-electron chi connectivity index (χ0n) is 20.8. The lowest BCUT2D eigenvalue weighted by atomic mass is 10.2. The molecular formula is C27H41N3O3. The zero-order chi connectivity index (χ0) is 23.7. The van der Waals surface area contributed by atoms with Gasteiger partial charge in [-0.2, -0.15) is 0 Å². The van der Waals surface area contributed by atoms with E-state index in [0.29, 0.717) is 33.0 Å². The number of ether oxygens (including phenoxy) is 3. The quantitative estimate of drug-likeness (QED) is 0.243.